The molecule has 0 unspecified atom stereocenters. The van der Waals surface area contributed by atoms with Crippen LogP contribution in [0.1, 0.15) is 13.3 Å². The molecule has 0 saturated heterocycles. The highest BCUT2D eigenvalue weighted by Crippen LogP contribution is 2.17. The Morgan fingerprint density at radius 2 is 2.31 bits per heavy atom. The third-order valence-electron chi connectivity index (χ3n) is 1.44. The number of hydrogen-bond acceptors (Lipinski definition) is 3. The maximum Gasteiger partial charge on any atom is 0.267 e. The molecule has 1 aromatic rings. The van der Waals surface area contributed by atoms with Gasteiger partial charge in [-0.25, -0.2) is 13.1 Å². The fraction of sp³-hybridized carbons (Fsp3) is 0.500. The van der Waals surface area contributed by atoms with Gasteiger partial charge in [-0.1, -0.05) is 6.92 Å². The van der Waals surface area contributed by atoms with Gasteiger partial charge in [0.2, 0.25) is 5.95 Å². The fourth-order valence-corrected chi connectivity index (χ4v) is 1.67. The van der Waals surface area contributed by atoms with Crippen LogP contribution in [0, 0.1) is 5.95 Å². The minimum atomic E-state index is -4.02. The van der Waals surface area contributed by atoms with Crippen LogP contribution in [0.4, 0.5) is 4.39 Å². The topological polar surface area (TPSA) is 52.0 Å². The van der Waals surface area contributed by atoms with E-state index in [9.17, 15) is 12.8 Å². The normalized spacial score (nSPS) is 11.9. The molecule has 0 fully saturated rings. The Bertz CT molecular complexity index is 401. The van der Waals surface area contributed by atoms with Gasteiger partial charge in [0.05, 0.1) is 6.20 Å². The van der Waals surface area contributed by atoms with Crippen LogP contribution in [-0.4, -0.2) is 18.2 Å². The second-order valence-corrected chi connectivity index (χ2v) is 4.99. The van der Waals surface area contributed by atoms with Crippen LogP contribution in [0.15, 0.2) is 11.1 Å². The number of halogens is 2. The highest BCUT2D eigenvalue weighted by molar-refractivity contribution is 8.13. The third-order valence-corrected chi connectivity index (χ3v) is 2.74. The SMILES string of the molecule is CCCn1ncc(S(=O)(=O)Cl)c1F. The van der Waals surface area contributed by atoms with Crippen molar-refractivity contribution in [1.82, 2.24) is 9.78 Å². The summed E-state index contributed by atoms with van der Waals surface area (Å²) in [5.74, 6) is -0.906. The number of rotatable bonds is 3. The molecule has 0 aliphatic carbocycles. The lowest BCUT2D eigenvalue weighted by atomic mass is 10.5. The zero-order chi connectivity index (χ0) is 10.1. The molecule has 0 N–H and O–H groups in total. The van der Waals surface area contributed by atoms with Crippen molar-refractivity contribution in [2.75, 3.05) is 0 Å². The maximum absolute atomic E-state index is 13.2. The van der Waals surface area contributed by atoms with E-state index in [2.05, 4.69) is 5.10 Å². The van der Waals surface area contributed by atoms with Crippen molar-refractivity contribution in [3.63, 3.8) is 0 Å². The lowest BCUT2D eigenvalue weighted by Crippen LogP contribution is -2.03. The van der Waals surface area contributed by atoms with Crippen LogP contribution in [-0.2, 0) is 15.6 Å². The van der Waals surface area contributed by atoms with E-state index < -0.39 is 19.9 Å². The fourth-order valence-electron chi connectivity index (χ4n) is 0.885. The van der Waals surface area contributed by atoms with Crippen molar-refractivity contribution in [2.45, 2.75) is 24.8 Å². The first kappa shape index (κ1) is 10.5. The molecule has 0 radical (unpaired) electrons. The van der Waals surface area contributed by atoms with E-state index in [4.69, 9.17) is 10.7 Å². The number of aromatic nitrogens is 2. The first-order valence-corrected chi connectivity index (χ1v) is 5.93. The van der Waals surface area contributed by atoms with E-state index in [-0.39, 0.29) is 0 Å². The Balaban J connectivity index is 3.14. The van der Waals surface area contributed by atoms with E-state index in [0.717, 1.165) is 10.9 Å². The third kappa shape index (κ3) is 2.19. The lowest BCUT2D eigenvalue weighted by Gasteiger charge is -1.97. The molecule has 74 valence electrons. The van der Waals surface area contributed by atoms with Crippen LogP contribution < -0.4 is 0 Å². The summed E-state index contributed by atoms with van der Waals surface area (Å²) in [6, 6.07) is 0. The number of hydrogen-bond donors (Lipinski definition) is 0. The molecule has 0 saturated carbocycles. The van der Waals surface area contributed by atoms with Crippen LogP contribution >= 0.6 is 10.7 Å². The quantitative estimate of drug-likeness (QED) is 0.732. The first-order valence-electron chi connectivity index (χ1n) is 3.62. The molecule has 7 heteroatoms. The van der Waals surface area contributed by atoms with Gasteiger partial charge in [-0.2, -0.15) is 9.49 Å². The van der Waals surface area contributed by atoms with Gasteiger partial charge in [0.15, 0.2) is 4.90 Å². The van der Waals surface area contributed by atoms with Gasteiger partial charge in [0.1, 0.15) is 0 Å². The molecular weight excluding hydrogens is 219 g/mol. The standard InChI is InChI=1S/C6H8ClFN2O2S/c1-2-3-10-6(8)5(4-9-10)13(7,11)12/h4H,2-3H2,1H3. The van der Waals surface area contributed by atoms with Gasteiger partial charge in [-0.05, 0) is 6.42 Å². The highest BCUT2D eigenvalue weighted by Gasteiger charge is 2.20. The van der Waals surface area contributed by atoms with Crippen LogP contribution in [0.3, 0.4) is 0 Å². The number of nitrogens with zero attached hydrogens (tertiary/aromatic N) is 2. The first-order chi connectivity index (χ1) is 5.96. The van der Waals surface area contributed by atoms with Crippen LogP contribution in [0.25, 0.3) is 0 Å². The molecule has 0 bridgehead atoms. The summed E-state index contributed by atoms with van der Waals surface area (Å²) < 4.78 is 35.6. The summed E-state index contributed by atoms with van der Waals surface area (Å²) in [4.78, 5) is -0.567. The lowest BCUT2D eigenvalue weighted by molar-refractivity contribution is 0.439. The summed E-state index contributed by atoms with van der Waals surface area (Å²) in [5, 5.41) is 3.55. The van der Waals surface area contributed by atoms with E-state index in [0.29, 0.717) is 13.0 Å². The monoisotopic (exact) mass is 226 g/mol. The Kier molecular flexibility index (Phi) is 2.92. The Labute approximate surface area is 79.7 Å². The zero-order valence-corrected chi connectivity index (χ0v) is 8.44. The molecule has 0 atom stereocenters. The molecule has 1 aromatic heterocycles. The smallest absolute Gasteiger partial charge is 0.238 e. The minimum Gasteiger partial charge on any atom is -0.238 e. The number of aryl methyl sites for hydroxylation is 1. The molecule has 4 nitrogen and oxygen atoms in total. The molecule has 1 rings (SSSR count). The maximum atomic E-state index is 13.2. The molecule has 0 aliphatic rings. The van der Waals surface area contributed by atoms with E-state index in [1.165, 1.54) is 0 Å². The van der Waals surface area contributed by atoms with E-state index >= 15 is 0 Å². The molecule has 0 aromatic carbocycles. The second kappa shape index (κ2) is 3.63. The molecule has 0 amide bonds. The van der Waals surface area contributed by atoms with Crippen molar-refractivity contribution in [1.29, 1.82) is 0 Å². The molecule has 0 aliphatic heterocycles. The van der Waals surface area contributed by atoms with Crippen molar-refractivity contribution in [2.24, 2.45) is 0 Å². The summed E-state index contributed by atoms with van der Waals surface area (Å²) in [6.45, 7) is 2.16. The van der Waals surface area contributed by atoms with Gasteiger partial charge >= 0.3 is 0 Å². The van der Waals surface area contributed by atoms with Gasteiger partial charge in [-0.15, -0.1) is 0 Å². The second-order valence-electron chi connectivity index (χ2n) is 2.46. The van der Waals surface area contributed by atoms with Crippen molar-refractivity contribution >= 4 is 19.7 Å². The molecule has 13 heavy (non-hydrogen) atoms. The Hall–Kier alpha value is -0.620. The van der Waals surface area contributed by atoms with Gasteiger partial charge < -0.3 is 0 Å². The van der Waals surface area contributed by atoms with Crippen LogP contribution in [0.2, 0.25) is 0 Å². The average Bonchev–Trinajstić information content (AvgIpc) is 2.32. The van der Waals surface area contributed by atoms with Crippen molar-refractivity contribution < 1.29 is 12.8 Å². The molecular formula is C6H8ClFN2O2S. The average molecular weight is 227 g/mol. The van der Waals surface area contributed by atoms with Crippen molar-refractivity contribution in [3.8, 4) is 0 Å². The largest absolute Gasteiger partial charge is 0.267 e. The Morgan fingerprint density at radius 3 is 2.69 bits per heavy atom. The Morgan fingerprint density at radius 1 is 1.69 bits per heavy atom. The zero-order valence-electron chi connectivity index (χ0n) is 6.87. The van der Waals surface area contributed by atoms with Crippen LogP contribution in [0.5, 0.6) is 0 Å². The van der Waals surface area contributed by atoms with Gasteiger partial charge in [0.25, 0.3) is 9.05 Å². The minimum absolute atomic E-state index is 0.332. The molecule has 1 heterocycles. The van der Waals surface area contributed by atoms with E-state index in [1.807, 2.05) is 6.92 Å². The molecule has 0 spiro atoms. The van der Waals surface area contributed by atoms with Crippen molar-refractivity contribution in [3.05, 3.63) is 12.1 Å². The summed E-state index contributed by atoms with van der Waals surface area (Å²) in [5.41, 5.74) is 0. The summed E-state index contributed by atoms with van der Waals surface area (Å²) in [6.07, 6.45) is 1.58. The summed E-state index contributed by atoms with van der Waals surface area (Å²) in [7, 11) is 0.939. The van der Waals surface area contributed by atoms with Gasteiger partial charge in [-0.3, -0.25) is 0 Å². The van der Waals surface area contributed by atoms with Gasteiger partial charge in [0, 0.05) is 17.2 Å². The van der Waals surface area contributed by atoms with E-state index in [1.54, 1.807) is 0 Å². The predicted molar refractivity (Wildman–Crippen MR) is 45.5 cm³/mol. The predicted octanol–water partition coefficient (Wildman–Crippen LogP) is 1.36. The summed E-state index contributed by atoms with van der Waals surface area (Å²) >= 11 is 0. The highest BCUT2D eigenvalue weighted by atomic mass is 35.7.